The van der Waals surface area contributed by atoms with Crippen molar-refractivity contribution in [2.75, 3.05) is 0 Å². The summed E-state index contributed by atoms with van der Waals surface area (Å²) >= 11 is 1.56. The van der Waals surface area contributed by atoms with Crippen molar-refractivity contribution in [3.05, 3.63) is 21.7 Å². The number of aryl methyl sites for hydroxylation is 1. The lowest BCUT2D eigenvalue weighted by molar-refractivity contribution is -0.104. The Morgan fingerprint density at radius 3 is 2.92 bits per heavy atom. The second-order valence-corrected chi connectivity index (χ2v) is 3.38. The third kappa shape index (κ3) is 2.01. The van der Waals surface area contributed by atoms with Gasteiger partial charge in [-0.3, -0.25) is 4.79 Å². The Morgan fingerprint density at radius 2 is 2.50 bits per heavy atom. The highest BCUT2D eigenvalue weighted by Crippen LogP contribution is 2.16. The molecule has 0 N–H and O–H groups in total. The van der Waals surface area contributed by atoms with Crippen molar-refractivity contribution in [3.8, 4) is 0 Å². The van der Waals surface area contributed by atoms with E-state index in [-0.39, 0.29) is 0 Å². The van der Waals surface area contributed by atoms with Gasteiger partial charge in [-0.15, -0.1) is 11.3 Å². The van der Waals surface area contributed by atoms with Crippen molar-refractivity contribution in [2.45, 2.75) is 20.3 Å². The zero-order valence-electron chi connectivity index (χ0n) is 7.20. The van der Waals surface area contributed by atoms with Crippen LogP contribution in [0.2, 0.25) is 0 Å². The van der Waals surface area contributed by atoms with Crippen LogP contribution in [0.1, 0.15) is 23.9 Å². The van der Waals surface area contributed by atoms with E-state index < -0.39 is 0 Å². The molecule has 12 heavy (non-hydrogen) atoms. The summed E-state index contributed by atoms with van der Waals surface area (Å²) in [6, 6.07) is 0. The maximum atomic E-state index is 10.5. The molecule has 0 atom stereocenters. The zero-order valence-corrected chi connectivity index (χ0v) is 8.02. The molecule has 0 aliphatic rings. The lowest BCUT2D eigenvalue weighted by Crippen LogP contribution is -1.81. The summed E-state index contributed by atoms with van der Waals surface area (Å²) in [4.78, 5) is 15.7. The van der Waals surface area contributed by atoms with Crippen molar-refractivity contribution < 1.29 is 4.79 Å². The molecule has 1 aromatic heterocycles. The summed E-state index contributed by atoms with van der Waals surface area (Å²) in [6.07, 6.45) is 3.58. The average Bonchev–Trinajstić information content (AvgIpc) is 2.47. The molecule has 0 saturated heterocycles. The molecule has 0 amide bonds. The fourth-order valence-electron chi connectivity index (χ4n) is 0.837. The number of carbonyl (C=O) groups is 1. The molecular formula is C9H11NOS. The van der Waals surface area contributed by atoms with Crippen LogP contribution in [0.3, 0.4) is 0 Å². The van der Waals surface area contributed by atoms with Gasteiger partial charge in [0.1, 0.15) is 6.29 Å². The van der Waals surface area contributed by atoms with E-state index in [1.807, 2.05) is 19.9 Å². The Morgan fingerprint density at radius 1 is 1.75 bits per heavy atom. The molecule has 0 spiro atoms. The van der Waals surface area contributed by atoms with Crippen LogP contribution in [-0.4, -0.2) is 11.3 Å². The van der Waals surface area contributed by atoms with Crippen molar-refractivity contribution in [1.82, 2.24) is 4.98 Å². The fourth-order valence-corrected chi connectivity index (χ4v) is 1.60. The Bertz CT molecular complexity index is 301. The molecule has 0 bridgehead atoms. The van der Waals surface area contributed by atoms with E-state index in [4.69, 9.17) is 0 Å². The number of allylic oxidation sites excluding steroid dienone is 1. The number of carbonyl (C=O) groups excluding carboxylic acids is 1. The second kappa shape index (κ2) is 4.16. The standard InChI is InChI=1S/C9H11NOS/c1-3-8(5-11)4-9-7(2)10-6-12-9/h4-6H,3H2,1-2H3. The monoisotopic (exact) mass is 181 g/mol. The number of thiazole rings is 1. The topological polar surface area (TPSA) is 30.0 Å². The molecular weight excluding hydrogens is 170 g/mol. The molecule has 3 heteroatoms. The summed E-state index contributed by atoms with van der Waals surface area (Å²) in [7, 11) is 0. The van der Waals surface area contributed by atoms with Gasteiger partial charge in [0.05, 0.1) is 16.1 Å². The van der Waals surface area contributed by atoms with E-state index in [9.17, 15) is 4.79 Å². The lowest BCUT2D eigenvalue weighted by Gasteiger charge is -1.92. The molecule has 0 unspecified atom stereocenters. The summed E-state index contributed by atoms with van der Waals surface area (Å²) in [5.74, 6) is 0. The first-order valence-corrected chi connectivity index (χ1v) is 4.71. The van der Waals surface area contributed by atoms with Crippen molar-refractivity contribution in [1.29, 1.82) is 0 Å². The van der Waals surface area contributed by atoms with Gasteiger partial charge in [-0.05, 0) is 25.0 Å². The summed E-state index contributed by atoms with van der Waals surface area (Å²) in [5.41, 5.74) is 3.61. The van der Waals surface area contributed by atoms with Crippen molar-refractivity contribution >= 4 is 23.7 Å². The molecule has 1 heterocycles. The smallest absolute Gasteiger partial charge is 0.146 e. The second-order valence-electron chi connectivity index (χ2n) is 2.49. The number of hydrogen-bond acceptors (Lipinski definition) is 3. The molecule has 0 saturated carbocycles. The van der Waals surface area contributed by atoms with Gasteiger partial charge in [0.25, 0.3) is 0 Å². The van der Waals surface area contributed by atoms with Gasteiger partial charge in [-0.25, -0.2) is 4.98 Å². The van der Waals surface area contributed by atoms with Gasteiger partial charge >= 0.3 is 0 Å². The maximum Gasteiger partial charge on any atom is 0.146 e. The average molecular weight is 181 g/mol. The van der Waals surface area contributed by atoms with Crippen molar-refractivity contribution in [2.24, 2.45) is 0 Å². The number of aldehydes is 1. The predicted octanol–water partition coefficient (Wildman–Crippen LogP) is 2.44. The largest absolute Gasteiger partial charge is 0.298 e. The van der Waals surface area contributed by atoms with Crippen LogP contribution in [0, 0.1) is 6.92 Å². The van der Waals surface area contributed by atoms with Gasteiger partial charge in [0, 0.05) is 0 Å². The summed E-state index contributed by atoms with van der Waals surface area (Å²) in [5, 5.41) is 0. The quantitative estimate of drug-likeness (QED) is 0.529. The summed E-state index contributed by atoms with van der Waals surface area (Å²) in [6.45, 7) is 3.91. The van der Waals surface area contributed by atoms with Gasteiger partial charge in [-0.1, -0.05) is 6.92 Å². The van der Waals surface area contributed by atoms with Gasteiger partial charge < -0.3 is 0 Å². The van der Waals surface area contributed by atoms with Crippen LogP contribution in [0.4, 0.5) is 0 Å². The van der Waals surface area contributed by atoms with Crippen LogP contribution in [-0.2, 0) is 4.79 Å². The first kappa shape index (κ1) is 9.13. The van der Waals surface area contributed by atoms with E-state index in [1.165, 1.54) is 0 Å². The minimum absolute atomic E-state index is 0.779. The van der Waals surface area contributed by atoms with E-state index in [2.05, 4.69) is 4.98 Å². The third-order valence-electron chi connectivity index (χ3n) is 1.66. The lowest BCUT2D eigenvalue weighted by atomic mass is 10.2. The minimum Gasteiger partial charge on any atom is -0.298 e. The molecule has 1 aromatic rings. The van der Waals surface area contributed by atoms with E-state index in [1.54, 1.807) is 16.8 Å². The molecule has 0 aromatic carbocycles. The summed E-state index contributed by atoms with van der Waals surface area (Å²) < 4.78 is 0. The van der Waals surface area contributed by atoms with Crippen LogP contribution in [0.15, 0.2) is 11.1 Å². The highest BCUT2D eigenvalue weighted by molar-refractivity contribution is 7.10. The van der Waals surface area contributed by atoms with Crippen LogP contribution >= 0.6 is 11.3 Å². The molecule has 0 aliphatic carbocycles. The highest BCUT2D eigenvalue weighted by atomic mass is 32.1. The molecule has 0 radical (unpaired) electrons. The Kier molecular flexibility index (Phi) is 3.17. The zero-order chi connectivity index (χ0) is 8.97. The van der Waals surface area contributed by atoms with Gasteiger partial charge in [-0.2, -0.15) is 0 Å². The van der Waals surface area contributed by atoms with E-state index in [0.29, 0.717) is 0 Å². The van der Waals surface area contributed by atoms with Gasteiger partial charge in [0.15, 0.2) is 0 Å². The maximum absolute atomic E-state index is 10.5. The number of rotatable bonds is 3. The third-order valence-corrected chi connectivity index (χ3v) is 2.54. The number of nitrogens with zero attached hydrogens (tertiary/aromatic N) is 1. The normalized spacial score (nSPS) is 11.7. The fraction of sp³-hybridized carbons (Fsp3) is 0.333. The molecule has 64 valence electrons. The Labute approximate surface area is 76.0 Å². The van der Waals surface area contributed by atoms with E-state index in [0.717, 1.165) is 28.9 Å². The predicted molar refractivity (Wildman–Crippen MR) is 51.2 cm³/mol. The van der Waals surface area contributed by atoms with Crippen molar-refractivity contribution in [3.63, 3.8) is 0 Å². The van der Waals surface area contributed by atoms with Crippen LogP contribution < -0.4 is 0 Å². The molecule has 0 aliphatic heterocycles. The Hall–Kier alpha value is -0.960. The number of hydrogen-bond donors (Lipinski definition) is 0. The molecule has 0 fully saturated rings. The van der Waals surface area contributed by atoms with E-state index >= 15 is 0 Å². The number of aromatic nitrogens is 1. The molecule has 2 nitrogen and oxygen atoms in total. The highest BCUT2D eigenvalue weighted by Gasteiger charge is 1.98. The van der Waals surface area contributed by atoms with Gasteiger partial charge in [0.2, 0.25) is 0 Å². The van der Waals surface area contributed by atoms with Crippen LogP contribution in [0.25, 0.3) is 6.08 Å². The minimum atomic E-state index is 0.779. The SMILES string of the molecule is CCC(C=O)=Cc1scnc1C. The first-order valence-electron chi connectivity index (χ1n) is 3.83. The first-order chi connectivity index (χ1) is 5.77. The Balaban J connectivity index is 2.92. The molecule has 1 rings (SSSR count). The van der Waals surface area contributed by atoms with Crippen LogP contribution in [0.5, 0.6) is 0 Å².